The summed E-state index contributed by atoms with van der Waals surface area (Å²) in [6.07, 6.45) is 5.12. The minimum atomic E-state index is -0.809. The lowest BCUT2D eigenvalue weighted by molar-refractivity contribution is -0.136. The third-order valence-corrected chi connectivity index (χ3v) is 5.99. The maximum atomic E-state index is 13.4. The van der Waals surface area contributed by atoms with Gasteiger partial charge in [-0.2, -0.15) is 5.10 Å². The molecule has 3 heterocycles. The molecule has 0 radical (unpaired) electrons. The van der Waals surface area contributed by atoms with E-state index in [1.54, 1.807) is 50.2 Å². The van der Waals surface area contributed by atoms with Gasteiger partial charge in [-0.05, 0) is 24.3 Å². The van der Waals surface area contributed by atoms with Crippen molar-refractivity contribution in [3.8, 4) is 0 Å². The molecule has 0 unspecified atom stereocenters. The van der Waals surface area contributed by atoms with E-state index in [2.05, 4.69) is 5.10 Å². The smallest absolute Gasteiger partial charge is 0.240 e. The molecule has 1 aromatic rings. The van der Waals surface area contributed by atoms with E-state index < -0.39 is 35.2 Å². The molecule has 0 bridgehead atoms. The van der Waals surface area contributed by atoms with Crippen LogP contribution in [0, 0.1) is 17.3 Å². The molecule has 6 nitrogen and oxygen atoms in total. The lowest BCUT2D eigenvalue weighted by Gasteiger charge is -2.33. The van der Waals surface area contributed by atoms with Crippen LogP contribution in [-0.2, 0) is 14.4 Å². The number of amides is 2. The molecule has 4 atom stereocenters. The van der Waals surface area contributed by atoms with Crippen molar-refractivity contribution in [1.82, 2.24) is 5.01 Å². The Morgan fingerprint density at radius 2 is 1.79 bits per heavy atom. The van der Waals surface area contributed by atoms with Gasteiger partial charge in [0.1, 0.15) is 6.04 Å². The summed E-state index contributed by atoms with van der Waals surface area (Å²) in [6.45, 7) is 5.41. The number of halogens is 2. The van der Waals surface area contributed by atoms with E-state index >= 15 is 0 Å². The zero-order valence-electron chi connectivity index (χ0n) is 15.6. The molecule has 2 amide bonds. The molecule has 3 aliphatic heterocycles. The van der Waals surface area contributed by atoms with Crippen LogP contribution in [0.4, 0.5) is 5.69 Å². The second-order valence-corrected chi connectivity index (χ2v) is 9.08. The van der Waals surface area contributed by atoms with Gasteiger partial charge in [-0.1, -0.05) is 50.0 Å². The molecule has 0 saturated carbocycles. The van der Waals surface area contributed by atoms with E-state index in [-0.39, 0.29) is 22.4 Å². The number of anilines is 1. The highest BCUT2D eigenvalue weighted by atomic mass is 35.5. The normalized spacial score (nSPS) is 28.8. The number of allylic oxidation sites excluding steroid dienone is 1. The van der Waals surface area contributed by atoms with Gasteiger partial charge >= 0.3 is 0 Å². The summed E-state index contributed by atoms with van der Waals surface area (Å²) in [4.78, 5) is 41.0. The fraction of sp³-hybridized carbons (Fsp3) is 0.400. The Balaban J connectivity index is 1.81. The van der Waals surface area contributed by atoms with E-state index in [1.165, 1.54) is 6.07 Å². The fourth-order valence-corrected chi connectivity index (χ4v) is 4.67. The zero-order valence-corrected chi connectivity index (χ0v) is 17.1. The quantitative estimate of drug-likeness (QED) is 0.689. The second-order valence-electron chi connectivity index (χ2n) is 8.24. The van der Waals surface area contributed by atoms with Crippen LogP contribution in [0.15, 0.2) is 35.5 Å². The summed E-state index contributed by atoms with van der Waals surface area (Å²) in [5.41, 5.74) is -0.401. The third-order valence-electron chi connectivity index (χ3n) is 5.45. The standard InChI is InChI=1S/C20H19Cl2N3O3/c1-20(2,3)17(26)16-15-14(13-5-4-8-23-25(13)16)18(27)24(19(15)28)12-7-6-10(21)9-11(12)22/h4-9,13-16H,1-3H3/t13-,14-,15+,16+/m1/s1. The van der Waals surface area contributed by atoms with Crippen LogP contribution in [0.25, 0.3) is 0 Å². The summed E-state index contributed by atoms with van der Waals surface area (Å²) in [5, 5.41) is 6.55. The average molecular weight is 420 g/mol. The van der Waals surface area contributed by atoms with Gasteiger partial charge in [0.15, 0.2) is 5.78 Å². The highest BCUT2D eigenvalue weighted by Gasteiger charge is 2.64. The second kappa shape index (κ2) is 6.42. The number of rotatable bonds is 2. The number of fused-ring (bicyclic) bond motifs is 3. The Bertz CT molecular complexity index is 951. The topological polar surface area (TPSA) is 70.0 Å². The minimum absolute atomic E-state index is 0.123. The van der Waals surface area contributed by atoms with Crippen molar-refractivity contribution in [3.05, 3.63) is 40.4 Å². The van der Waals surface area contributed by atoms with Gasteiger partial charge in [-0.25, -0.2) is 4.90 Å². The molecule has 2 fully saturated rings. The maximum absolute atomic E-state index is 13.4. The van der Waals surface area contributed by atoms with Crippen molar-refractivity contribution in [3.63, 3.8) is 0 Å². The van der Waals surface area contributed by atoms with Gasteiger partial charge in [0, 0.05) is 16.7 Å². The number of hydrogen-bond acceptors (Lipinski definition) is 5. The molecule has 28 heavy (non-hydrogen) atoms. The number of nitrogens with zero attached hydrogens (tertiary/aromatic N) is 3. The fourth-order valence-electron chi connectivity index (χ4n) is 4.18. The first-order valence-corrected chi connectivity index (χ1v) is 9.75. The first kappa shape index (κ1) is 19.2. The first-order chi connectivity index (χ1) is 13.1. The lowest BCUT2D eigenvalue weighted by atomic mass is 9.80. The number of carbonyl (C=O) groups is 3. The number of benzene rings is 1. The van der Waals surface area contributed by atoms with Gasteiger partial charge in [0.25, 0.3) is 0 Å². The predicted molar refractivity (Wildman–Crippen MR) is 107 cm³/mol. The van der Waals surface area contributed by atoms with E-state index in [0.717, 1.165) is 4.90 Å². The Hall–Kier alpha value is -2.18. The van der Waals surface area contributed by atoms with Gasteiger partial charge in [-0.15, -0.1) is 0 Å². The summed E-state index contributed by atoms with van der Waals surface area (Å²) in [7, 11) is 0. The first-order valence-electron chi connectivity index (χ1n) is 8.99. The highest BCUT2D eigenvalue weighted by Crippen LogP contribution is 2.48. The Morgan fingerprint density at radius 3 is 2.43 bits per heavy atom. The van der Waals surface area contributed by atoms with Gasteiger partial charge in [0.05, 0.1) is 28.6 Å². The van der Waals surface area contributed by atoms with Crippen molar-refractivity contribution >= 4 is 52.7 Å². The van der Waals surface area contributed by atoms with Crippen molar-refractivity contribution in [2.45, 2.75) is 32.9 Å². The lowest BCUT2D eigenvalue weighted by Crippen LogP contribution is -2.49. The van der Waals surface area contributed by atoms with Gasteiger partial charge in [0.2, 0.25) is 11.8 Å². The van der Waals surface area contributed by atoms with Gasteiger partial charge in [-0.3, -0.25) is 19.4 Å². The predicted octanol–water partition coefficient (Wildman–Crippen LogP) is 3.32. The summed E-state index contributed by atoms with van der Waals surface area (Å²) < 4.78 is 0. The molecule has 0 aromatic heterocycles. The number of Topliss-reactive ketones (excluding diaryl/α,β-unsaturated/α-hetero) is 1. The van der Waals surface area contributed by atoms with Crippen molar-refractivity contribution in [2.24, 2.45) is 22.4 Å². The average Bonchev–Trinajstić information content (AvgIpc) is 3.08. The van der Waals surface area contributed by atoms with Crippen molar-refractivity contribution < 1.29 is 14.4 Å². The van der Waals surface area contributed by atoms with Crippen molar-refractivity contribution in [2.75, 3.05) is 4.90 Å². The molecule has 2 saturated heterocycles. The molecule has 4 rings (SSSR count). The van der Waals surface area contributed by atoms with Gasteiger partial charge < -0.3 is 0 Å². The summed E-state index contributed by atoms with van der Waals surface area (Å²) >= 11 is 12.2. The van der Waals surface area contributed by atoms with Crippen LogP contribution < -0.4 is 4.90 Å². The Labute approximate surface area is 172 Å². The molecular formula is C20H19Cl2N3O3. The van der Waals surface area contributed by atoms with Crippen LogP contribution in [0.1, 0.15) is 20.8 Å². The Morgan fingerprint density at radius 1 is 1.11 bits per heavy atom. The Kier molecular flexibility index (Phi) is 4.39. The number of imide groups is 1. The van der Waals surface area contributed by atoms with Crippen LogP contribution >= 0.6 is 23.2 Å². The molecule has 0 N–H and O–H groups in total. The molecule has 3 aliphatic rings. The molecule has 8 heteroatoms. The minimum Gasteiger partial charge on any atom is -0.297 e. The van der Waals surface area contributed by atoms with Crippen molar-refractivity contribution in [1.29, 1.82) is 0 Å². The molecule has 0 spiro atoms. The molecular weight excluding hydrogens is 401 g/mol. The number of hydrogen-bond donors (Lipinski definition) is 0. The molecule has 1 aromatic carbocycles. The van der Waals surface area contributed by atoms with Crippen LogP contribution in [0.5, 0.6) is 0 Å². The largest absolute Gasteiger partial charge is 0.297 e. The van der Waals surface area contributed by atoms with Crippen LogP contribution in [-0.4, -0.2) is 40.9 Å². The number of hydrazone groups is 1. The van der Waals surface area contributed by atoms with E-state index in [0.29, 0.717) is 5.02 Å². The monoisotopic (exact) mass is 419 g/mol. The molecule has 146 valence electrons. The number of ketones is 1. The molecule has 0 aliphatic carbocycles. The highest BCUT2D eigenvalue weighted by molar-refractivity contribution is 6.38. The van der Waals surface area contributed by atoms with Crippen LogP contribution in [0.3, 0.4) is 0 Å². The van der Waals surface area contributed by atoms with E-state index in [1.807, 2.05) is 6.08 Å². The SMILES string of the molecule is CC(C)(C)C(=O)[C@@H]1[C@H]2C(=O)N(c3ccc(Cl)cc3Cl)C(=O)[C@@H]2[C@H]2C=CC=NN21. The van der Waals surface area contributed by atoms with E-state index in [4.69, 9.17) is 23.2 Å². The summed E-state index contributed by atoms with van der Waals surface area (Å²) in [5.74, 6) is -2.43. The van der Waals surface area contributed by atoms with Crippen LogP contribution in [0.2, 0.25) is 10.0 Å². The number of carbonyl (C=O) groups excluding carboxylic acids is 3. The van der Waals surface area contributed by atoms with E-state index in [9.17, 15) is 14.4 Å². The third kappa shape index (κ3) is 2.70. The zero-order chi connectivity index (χ0) is 20.4. The maximum Gasteiger partial charge on any atom is 0.240 e. The summed E-state index contributed by atoms with van der Waals surface area (Å²) in [6, 6.07) is 3.37.